The fourth-order valence-corrected chi connectivity index (χ4v) is 4.49. The standard InChI is InChI=1S/C25H31NO4/c1-6-12-29-20-11-9-8-10-17(20)22-21(24(28)30-13-7-2)16(3)26-18-14-25(4,5)15-19(27)23(18)22/h7-11,22-23H,2,6,12-15H2,1,3-5H3/t22-,23?/m1/s1. The van der Waals surface area contributed by atoms with E-state index >= 15 is 0 Å². The predicted molar refractivity (Wildman–Crippen MR) is 118 cm³/mol. The molecule has 0 aromatic heterocycles. The second-order valence-corrected chi connectivity index (χ2v) is 8.82. The largest absolute Gasteiger partial charge is 0.493 e. The number of ketones is 1. The van der Waals surface area contributed by atoms with Gasteiger partial charge in [-0.25, -0.2) is 4.79 Å². The smallest absolute Gasteiger partial charge is 0.336 e. The molecule has 1 heterocycles. The van der Waals surface area contributed by atoms with Gasteiger partial charge in [0.2, 0.25) is 0 Å². The van der Waals surface area contributed by atoms with Crippen LogP contribution in [0.3, 0.4) is 0 Å². The highest BCUT2D eigenvalue weighted by atomic mass is 16.5. The Balaban J connectivity index is 2.16. The van der Waals surface area contributed by atoms with Gasteiger partial charge in [0.1, 0.15) is 18.1 Å². The van der Waals surface area contributed by atoms with Crippen molar-refractivity contribution in [2.24, 2.45) is 16.3 Å². The van der Waals surface area contributed by atoms with Crippen molar-refractivity contribution in [3.63, 3.8) is 0 Å². The molecule has 1 aromatic carbocycles. The lowest BCUT2D eigenvalue weighted by Crippen LogP contribution is -2.44. The minimum absolute atomic E-state index is 0.110. The molecule has 0 N–H and O–H groups in total. The average molecular weight is 410 g/mol. The van der Waals surface area contributed by atoms with Gasteiger partial charge in [0.15, 0.2) is 0 Å². The first-order valence-electron chi connectivity index (χ1n) is 10.6. The van der Waals surface area contributed by atoms with Crippen molar-refractivity contribution in [3.05, 3.63) is 53.8 Å². The molecule has 3 rings (SSSR count). The van der Waals surface area contributed by atoms with E-state index in [0.29, 0.717) is 30.0 Å². The van der Waals surface area contributed by atoms with E-state index in [1.165, 1.54) is 6.08 Å². The Morgan fingerprint density at radius 2 is 2.00 bits per heavy atom. The number of rotatable bonds is 7. The first-order valence-corrected chi connectivity index (χ1v) is 10.6. The van der Waals surface area contributed by atoms with Gasteiger partial charge < -0.3 is 9.47 Å². The van der Waals surface area contributed by atoms with Crippen LogP contribution in [0.5, 0.6) is 5.75 Å². The number of fused-ring (bicyclic) bond motifs is 1. The number of carbonyl (C=O) groups is 2. The lowest BCUT2D eigenvalue weighted by atomic mass is 9.63. The van der Waals surface area contributed by atoms with Gasteiger partial charge >= 0.3 is 5.97 Å². The van der Waals surface area contributed by atoms with Crippen molar-refractivity contribution in [2.45, 2.75) is 52.9 Å². The summed E-state index contributed by atoms with van der Waals surface area (Å²) in [4.78, 5) is 31.1. The Bertz CT molecular complexity index is 909. The summed E-state index contributed by atoms with van der Waals surface area (Å²) >= 11 is 0. The number of hydrogen-bond donors (Lipinski definition) is 0. The molecule has 0 bridgehead atoms. The van der Waals surface area contributed by atoms with E-state index in [0.717, 1.165) is 24.1 Å². The number of carbonyl (C=O) groups excluding carboxylic acids is 2. The molecule has 160 valence electrons. The van der Waals surface area contributed by atoms with Gasteiger partial charge in [0.05, 0.1) is 18.1 Å². The summed E-state index contributed by atoms with van der Waals surface area (Å²) in [5.74, 6) is -0.583. The quantitative estimate of drug-likeness (QED) is 0.468. The molecule has 5 heteroatoms. The highest BCUT2D eigenvalue weighted by molar-refractivity contribution is 6.12. The van der Waals surface area contributed by atoms with Crippen LogP contribution in [0.4, 0.5) is 0 Å². The van der Waals surface area contributed by atoms with Gasteiger partial charge in [-0.3, -0.25) is 9.79 Å². The highest BCUT2D eigenvalue weighted by Gasteiger charge is 2.48. The Labute approximate surface area is 178 Å². The van der Waals surface area contributed by atoms with Crippen LogP contribution in [-0.2, 0) is 14.3 Å². The second-order valence-electron chi connectivity index (χ2n) is 8.82. The number of Topliss-reactive ketones (excluding diaryl/α,β-unsaturated/α-hetero) is 1. The SMILES string of the molecule is C=CCOC(=O)C1=C(C)N=C2CC(C)(C)CC(=O)C2[C@@H]1c1ccccc1OCCC. The van der Waals surface area contributed by atoms with Gasteiger partial charge in [-0.2, -0.15) is 0 Å². The van der Waals surface area contributed by atoms with Gasteiger partial charge in [-0.15, -0.1) is 0 Å². The number of aliphatic imine (C=N–C) groups is 1. The van der Waals surface area contributed by atoms with Crippen molar-refractivity contribution in [3.8, 4) is 5.75 Å². The molecule has 2 atom stereocenters. The monoisotopic (exact) mass is 409 g/mol. The zero-order valence-electron chi connectivity index (χ0n) is 18.4. The molecule has 1 aromatic rings. The van der Waals surface area contributed by atoms with Crippen LogP contribution in [0.15, 0.2) is 53.2 Å². The normalized spacial score (nSPS) is 22.8. The van der Waals surface area contributed by atoms with Gasteiger partial charge in [-0.05, 0) is 31.2 Å². The lowest BCUT2D eigenvalue weighted by Gasteiger charge is -2.41. The van der Waals surface area contributed by atoms with Crippen LogP contribution in [0, 0.1) is 11.3 Å². The fourth-order valence-electron chi connectivity index (χ4n) is 4.49. The molecule has 1 aliphatic heterocycles. The molecule has 2 aliphatic rings. The molecular formula is C25H31NO4. The predicted octanol–water partition coefficient (Wildman–Crippen LogP) is 5.02. The van der Waals surface area contributed by atoms with Gasteiger partial charge in [-0.1, -0.05) is 51.6 Å². The molecular weight excluding hydrogens is 378 g/mol. The van der Waals surface area contributed by atoms with Crippen LogP contribution in [0.2, 0.25) is 0 Å². The van der Waals surface area contributed by atoms with E-state index in [9.17, 15) is 9.59 Å². The maximum absolute atomic E-state index is 13.3. The molecule has 1 saturated carbocycles. The summed E-state index contributed by atoms with van der Waals surface area (Å²) in [5.41, 5.74) is 2.59. The van der Waals surface area contributed by atoms with Crippen LogP contribution < -0.4 is 4.74 Å². The number of esters is 1. The number of benzene rings is 1. The zero-order valence-corrected chi connectivity index (χ0v) is 18.4. The van der Waals surface area contributed by atoms with Crippen molar-refractivity contribution in [1.29, 1.82) is 0 Å². The van der Waals surface area contributed by atoms with Crippen molar-refractivity contribution in [1.82, 2.24) is 0 Å². The summed E-state index contributed by atoms with van der Waals surface area (Å²) in [7, 11) is 0. The molecule has 1 aliphatic carbocycles. The van der Waals surface area contributed by atoms with Gasteiger partial charge in [0, 0.05) is 29.3 Å². The van der Waals surface area contributed by atoms with Crippen molar-refractivity contribution >= 4 is 17.5 Å². The lowest BCUT2D eigenvalue weighted by molar-refractivity contribution is -0.138. The van der Waals surface area contributed by atoms with Crippen molar-refractivity contribution in [2.75, 3.05) is 13.2 Å². The summed E-state index contributed by atoms with van der Waals surface area (Å²) in [5, 5.41) is 0. The topological polar surface area (TPSA) is 65.0 Å². The number of hydrogen-bond acceptors (Lipinski definition) is 5. The number of ether oxygens (including phenoxy) is 2. The maximum atomic E-state index is 13.3. The Morgan fingerprint density at radius 1 is 1.27 bits per heavy atom. The third kappa shape index (κ3) is 4.40. The Morgan fingerprint density at radius 3 is 2.70 bits per heavy atom. The summed E-state index contributed by atoms with van der Waals surface area (Å²) < 4.78 is 11.4. The summed E-state index contributed by atoms with van der Waals surface area (Å²) in [6.45, 7) is 12.3. The molecule has 1 fully saturated rings. The molecule has 0 amide bonds. The van der Waals surface area contributed by atoms with E-state index in [1.54, 1.807) is 0 Å². The first-order chi connectivity index (χ1) is 14.3. The Hall–Kier alpha value is -2.69. The van der Waals surface area contributed by atoms with Crippen LogP contribution >= 0.6 is 0 Å². The molecule has 1 unspecified atom stereocenters. The first kappa shape index (κ1) is 22.0. The number of para-hydroxylation sites is 1. The molecule has 0 radical (unpaired) electrons. The van der Waals surface area contributed by atoms with E-state index in [1.807, 2.05) is 38.1 Å². The summed E-state index contributed by atoms with van der Waals surface area (Å²) in [6.07, 6.45) is 3.59. The van der Waals surface area contributed by atoms with E-state index < -0.39 is 17.8 Å². The van der Waals surface area contributed by atoms with Crippen LogP contribution in [-0.4, -0.2) is 30.7 Å². The van der Waals surface area contributed by atoms with E-state index in [4.69, 9.17) is 14.5 Å². The number of allylic oxidation sites excluding steroid dienone is 1. The molecule has 0 saturated heterocycles. The third-order valence-corrected chi connectivity index (χ3v) is 5.63. The molecule has 0 spiro atoms. The Kier molecular flexibility index (Phi) is 6.59. The number of nitrogens with zero attached hydrogens (tertiary/aromatic N) is 1. The van der Waals surface area contributed by atoms with E-state index in [2.05, 4.69) is 20.4 Å². The molecule has 5 nitrogen and oxygen atoms in total. The van der Waals surface area contributed by atoms with Crippen molar-refractivity contribution < 1.29 is 19.1 Å². The van der Waals surface area contributed by atoms with E-state index in [-0.39, 0.29) is 17.8 Å². The zero-order chi connectivity index (χ0) is 21.9. The fraction of sp³-hybridized carbons (Fsp3) is 0.480. The maximum Gasteiger partial charge on any atom is 0.336 e. The van der Waals surface area contributed by atoms with Crippen LogP contribution in [0.25, 0.3) is 0 Å². The minimum Gasteiger partial charge on any atom is -0.493 e. The average Bonchev–Trinajstić information content (AvgIpc) is 2.68. The van der Waals surface area contributed by atoms with Crippen LogP contribution in [0.1, 0.15) is 58.4 Å². The summed E-state index contributed by atoms with van der Waals surface area (Å²) in [6, 6.07) is 7.67. The van der Waals surface area contributed by atoms with Gasteiger partial charge in [0.25, 0.3) is 0 Å². The minimum atomic E-state index is -0.473. The second kappa shape index (κ2) is 8.99. The third-order valence-electron chi connectivity index (χ3n) is 5.63. The highest BCUT2D eigenvalue weighted by Crippen LogP contribution is 2.48. The molecule has 30 heavy (non-hydrogen) atoms.